The summed E-state index contributed by atoms with van der Waals surface area (Å²) in [6.07, 6.45) is 0. The quantitative estimate of drug-likeness (QED) is 0.802. The van der Waals surface area contributed by atoms with Crippen LogP contribution in [0.3, 0.4) is 0 Å². The van der Waals surface area contributed by atoms with Crippen molar-refractivity contribution in [2.75, 3.05) is 0 Å². The highest BCUT2D eigenvalue weighted by atomic mass is 32.2. The third-order valence-corrected chi connectivity index (χ3v) is 3.92. The molecule has 0 amide bonds. The van der Waals surface area contributed by atoms with Gasteiger partial charge in [0.1, 0.15) is 5.82 Å². The van der Waals surface area contributed by atoms with Crippen molar-refractivity contribution in [3.05, 3.63) is 59.9 Å². The number of tetrazole rings is 1. The maximum Gasteiger partial charge on any atom is 0.218 e. The van der Waals surface area contributed by atoms with E-state index >= 15 is 0 Å². The van der Waals surface area contributed by atoms with E-state index in [0.717, 1.165) is 5.69 Å². The molecule has 21 heavy (non-hydrogen) atoms. The lowest BCUT2D eigenvalue weighted by atomic mass is 10.2. The summed E-state index contributed by atoms with van der Waals surface area (Å²) in [7, 11) is 0. The summed E-state index contributed by atoms with van der Waals surface area (Å²) in [5, 5.41) is 21.4. The summed E-state index contributed by atoms with van der Waals surface area (Å²) in [6, 6.07) is 14.0. The minimum absolute atomic E-state index is 0.241. The molecule has 0 saturated carbocycles. The smallest absolute Gasteiger partial charge is 0.218 e. The van der Waals surface area contributed by atoms with Crippen molar-refractivity contribution < 1.29 is 9.50 Å². The Hall–Kier alpha value is -2.25. The molecule has 1 aromatic heterocycles. The third-order valence-electron chi connectivity index (χ3n) is 2.88. The third kappa shape index (κ3) is 2.79. The molecule has 2 aromatic carbocycles. The Morgan fingerprint density at radius 2 is 1.90 bits per heavy atom. The molecule has 3 aromatic rings. The van der Waals surface area contributed by atoms with Crippen LogP contribution in [0.15, 0.2) is 58.6 Å². The van der Waals surface area contributed by atoms with E-state index in [2.05, 4.69) is 15.5 Å². The van der Waals surface area contributed by atoms with Crippen LogP contribution in [0.25, 0.3) is 5.69 Å². The van der Waals surface area contributed by atoms with Gasteiger partial charge in [-0.2, -0.15) is 4.68 Å². The predicted octanol–water partition coefficient (Wildman–Crippen LogP) is 2.44. The van der Waals surface area contributed by atoms with Crippen molar-refractivity contribution in [1.29, 1.82) is 0 Å². The van der Waals surface area contributed by atoms with Crippen molar-refractivity contribution in [2.24, 2.45) is 0 Å². The number of halogens is 1. The lowest BCUT2D eigenvalue weighted by Crippen LogP contribution is -1.99. The first-order chi connectivity index (χ1) is 10.3. The molecule has 106 valence electrons. The summed E-state index contributed by atoms with van der Waals surface area (Å²) < 4.78 is 15.2. The van der Waals surface area contributed by atoms with Gasteiger partial charge in [0.05, 0.1) is 12.3 Å². The molecule has 7 heteroatoms. The lowest BCUT2D eigenvalue weighted by Gasteiger charge is -2.08. The molecule has 3 rings (SSSR count). The first-order valence-corrected chi connectivity index (χ1v) is 7.01. The topological polar surface area (TPSA) is 63.8 Å². The van der Waals surface area contributed by atoms with Gasteiger partial charge in [0, 0.05) is 10.5 Å². The molecule has 0 fully saturated rings. The van der Waals surface area contributed by atoms with Crippen LogP contribution in [0.5, 0.6) is 0 Å². The minimum Gasteiger partial charge on any atom is -0.392 e. The highest BCUT2D eigenvalue weighted by Gasteiger charge is 2.14. The van der Waals surface area contributed by atoms with Gasteiger partial charge in [-0.05, 0) is 46.5 Å². The van der Waals surface area contributed by atoms with E-state index in [9.17, 15) is 9.50 Å². The van der Waals surface area contributed by atoms with Gasteiger partial charge in [0.15, 0.2) is 0 Å². The van der Waals surface area contributed by atoms with Gasteiger partial charge in [-0.25, -0.2) is 4.39 Å². The predicted molar refractivity (Wildman–Crippen MR) is 75.6 cm³/mol. The zero-order valence-electron chi connectivity index (χ0n) is 10.8. The molecule has 0 saturated heterocycles. The van der Waals surface area contributed by atoms with Crippen LogP contribution in [-0.2, 0) is 6.61 Å². The van der Waals surface area contributed by atoms with Crippen molar-refractivity contribution in [2.45, 2.75) is 16.7 Å². The fraction of sp³-hybridized carbons (Fsp3) is 0.0714. The fourth-order valence-electron chi connectivity index (χ4n) is 1.86. The minimum atomic E-state index is -0.443. The number of aromatic nitrogens is 4. The van der Waals surface area contributed by atoms with Gasteiger partial charge in [0.25, 0.3) is 0 Å². The Kier molecular flexibility index (Phi) is 3.94. The molecule has 0 unspecified atom stereocenters. The van der Waals surface area contributed by atoms with E-state index in [4.69, 9.17) is 0 Å². The van der Waals surface area contributed by atoms with Crippen LogP contribution in [0.1, 0.15) is 5.56 Å². The summed E-state index contributed by atoms with van der Waals surface area (Å²) in [6.45, 7) is -0.373. The molecule has 0 aliphatic rings. The molecule has 1 heterocycles. The maximum atomic E-state index is 13.7. The van der Waals surface area contributed by atoms with Crippen molar-refractivity contribution in [3.63, 3.8) is 0 Å². The van der Waals surface area contributed by atoms with Crippen LogP contribution in [0, 0.1) is 5.82 Å². The van der Waals surface area contributed by atoms with Crippen LogP contribution in [0.4, 0.5) is 4.39 Å². The highest BCUT2D eigenvalue weighted by Crippen LogP contribution is 2.31. The van der Waals surface area contributed by atoms with Crippen LogP contribution >= 0.6 is 11.8 Å². The first kappa shape index (κ1) is 13.7. The average Bonchev–Trinajstić information content (AvgIpc) is 2.97. The molecule has 1 N–H and O–H groups in total. The van der Waals surface area contributed by atoms with E-state index in [1.54, 1.807) is 16.8 Å². The van der Waals surface area contributed by atoms with Crippen molar-refractivity contribution >= 4 is 11.8 Å². The zero-order chi connectivity index (χ0) is 14.7. The second-order valence-electron chi connectivity index (χ2n) is 4.19. The molecule has 0 bridgehead atoms. The van der Waals surface area contributed by atoms with Crippen LogP contribution < -0.4 is 0 Å². The summed E-state index contributed by atoms with van der Waals surface area (Å²) >= 11 is 1.21. The van der Waals surface area contributed by atoms with Crippen molar-refractivity contribution in [3.8, 4) is 5.69 Å². The molecule has 5 nitrogen and oxygen atoms in total. The van der Waals surface area contributed by atoms with E-state index in [1.165, 1.54) is 17.8 Å². The number of nitrogens with zero attached hydrogens (tertiary/aromatic N) is 4. The summed E-state index contributed by atoms with van der Waals surface area (Å²) in [5.41, 5.74) is 1.05. The van der Waals surface area contributed by atoms with Gasteiger partial charge in [-0.3, -0.25) is 0 Å². The Balaban J connectivity index is 1.98. The first-order valence-electron chi connectivity index (χ1n) is 6.19. The highest BCUT2D eigenvalue weighted by molar-refractivity contribution is 7.99. The van der Waals surface area contributed by atoms with Crippen molar-refractivity contribution in [1.82, 2.24) is 20.2 Å². The Morgan fingerprint density at radius 1 is 1.10 bits per heavy atom. The largest absolute Gasteiger partial charge is 0.392 e. The van der Waals surface area contributed by atoms with Gasteiger partial charge in [-0.1, -0.05) is 24.3 Å². The molecule has 0 aliphatic carbocycles. The fourth-order valence-corrected chi connectivity index (χ4v) is 2.79. The van der Waals surface area contributed by atoms with E-state index in [-0.39, 0.29) is 12.2 Å². The van der Waals surface area contributed by atoms with Crippen LogP contribution in [0.2, 0.25) is 0 Å². The SMILES string of the molecule is OCc1c(F)cccc1Sc1nnnn1-c1ccccc1. The number of hydrogen-bond donors (Lipinski definition) is 1. The average molecular weight is 302 g/mol. The maximum absolute atomic E-state index is 13.7. The van der Waals surface area contributed by atoms with Gasteiger partial charge >= 0.3 is 0 Å². The van der Waals surface area contributed by atoms with Crippen LogP contribution in [-0.4, -0.2) is 25.3 Å². The molecular weight excluding hydrogens is 291 g/mol. The Labute approximate surface area is 124 Å². The number of benzene rings is 2. The van der Waals surface area contributed by atoms with E-state index in [0.29, 0.717) is 10.1 Å². The lowest BCUT2D eigenvalue weighted by molar-refractivity contribution is 0.272. The number of rotatable bonds is 4. The van der Waals surface area contributed by atoms with Gasteiger partial charge in [0.2, 0.25) is 5.16 Å². The number of aliphatic hydroxyl groups excluding tert-OH is 1. The van der Waals surface area contributed by atoms with Gasteiger partial charge < -0.3 is 5.11 Å². The number of aliphatic hydroxyl groups is 1. The monoisotopic (exact) mass is 302 g/mol. The molecule has 0 aliphatic heterocycles. The second-order valence-corrected chi connectivity index (χ2v) is 5.19. The molecule has 0 radical (unpaired) electrons. The Bertz CT molecular complexity index is 748. The van der Waals surface area contributed by atoms with Gasteiger partial charge in [-0.15, -0.1) is 5.10 Å². The number of para-hydroxylation sites is 1. The normalized spacial score (nSPS) is 10.8. The summed E-state index contributed by atoms with van der Waals surface area (Å²) in [4.78, 5) is 0.587. The number of hydrogen-bond acceptors (Lipinski definition) is 5. The standard InChI is InChI=1S/C14H11FN4OS/c15-12-7-4-8-13(11(12)9-20)21-14-16-17-18-19(14)10-5-2-1-3-6-10/h1-8,20H,9H2. The zero-order valence-corrected chi connectivity index (χ0v) is 11.7. The molecule has 0 spiro atoms. The molecule has 0 atom stereocenters. The van der Waals surface area contributed by atoms with E-state index in [1.807, 2.05) is 30.3 Å². The second kappa shape index (κ2) is 6.02. The summed E-state index contributed by atoms with van der Waals surface area (Å²) in [5.74, 6) is -0.443. The Morgan fingerprint density at radius 3 is 2.67 bits per heavy atom. The van der Waals surface area contributed by atoms with E-state index < -0.39 is 5.82 Å². The molecular formula is C14H11FN4OS.